The minimum Gasteiger partial charge on any atom is -0.354 e. The van der Waals surface area contributed by atoms with Gasteiger partial charge in [0.1, 0.15) is 5.69 Å². The maximum Gasteiger partial charge on any atom is 0.272 e. The van der Waals surface area contributed by atoms with Gasteiger partial charge in [-0.05, 0) is 37.5 Å². The van der Waals surface area contributed by atoms with Crippen molar-refractivity contribution in [3.05, 3.63) is 41.0 Å². The van der Waals surface area contributed by atoms with Gasteiger partial charge in [-0.3, -0.25) is 9.59 Å². The van der Waals surface area contributed by atoms with Crippen LogP contribution in [0.25, 0.3) is 10.9 Å². The number of benzene rings is 1. The predicted molar refractivity (Wildman–Crippen MR) is 102 cm³/mol. The number of rotatable bonds is 5. The fourth-order valence-corrected chi connectivity index (χ4v) is 3.45. The van der Waals surface area contributed by atoms with E-state index in [0.717, 1.165) is 24.6 Å². The van der Waals surface area contributed by atoms with Gasteiger partial charge < -0.3 is 16.0 Å². The zero-order chi connectivity index (χ0) is 18.5. The van der Waals surface area contributed by atoms with Crippen molar-refractivity contribution in [2.24, 2.45) is 5.73 Å². The molecule has 0 bridgehead atoms. The molecule has 1 saturated heterocycles. The number of aromatic nitrogens is 1. The Morgan fingerprint density at radius 1 is 1.27 bits per heavy atom. The molecule has 2 heterocycles. The second kappa shape index (κ2) is 8.47. The van der Waals surface area contributed by atoms with Gasteiger partial charge in [0.2, 0.25) is 5.91 Å². The maximum atomic E-state index is 13.0. The van der Waals surface area contributed by atoms with Gasteiger partial charge >= 0.3 is 0 Å². The van der Waals surface area contributed by atoms with Crippen LogP contribution < -0.4 is 11.1 Å². The molecule has 1 aliphatic heterocycles. The quantitative estimate of drug-likeness (QED) is 0.840. The average Bonchev–Trinajstić information content (AvgIpc) is 2.65. The number of hydrogen-bond donors (Lipinski definition) is 2. The molecule has 0 saturated carbocycles. The summed E-state index contributed by atoms with van der Waals surface area (Å²) in [5, 5.41) is 4.41. The molecule has 6 nitrogen and oxygen atoms in total. The molecule has 0 radical (unpaired) electrons. The number of hydrogen-bond acceptors (Lipinski definition) is 4. The van der Waals surface area contributed by atoms with Gasteiger partial charge in [0.05, 0.1) is 5.52 Å². The largest absolute Gasteiger partial charge is 0.354 e. The smallest absolute Gasteiger partial charge is 0.272 e. The zero-order valence-electron chi connectivity index (χ0n) is 14.6. The molecule has 0 aliphatic carbocycles. The van der Waals surface area contributed by atoms with Gasteiger partial charge in [0, 0.05) is 42.5 Å². The molecule has 1 aliphatic rings. The first-order chi connectivity index (χ1) is 12.6. The van der Waals surface area contributed by atoms with Crippen LogP contribution in [0.4, 0.5) is 0 Å². The van der Waals surface area contributed by atoms with Crippen LogP contribution in [-0.2, 0) is 4.79 Å². The summed E-state index contributed by atoms with van der Waals surface area (Å²) in [5.74, 6) is -0.186. The minimum absolute atomic E-state index is 0.0187. The summed E-state index contributed by atoms with van der Waals surface area (Å²) in [5.41, 5.74) is 6.51. The van der Waals surface area contributed by atoms with Crippen LogP contribution in [0.5, 0.6) is 0 Å². The lowest BCUT2D eigenvalue weighted by Crippen LogP contribution is -2.49. The minimum atomic E-state index is -0.107. The van der Waals surface area contributed by atoms with Crippen molar-refractivity contribution < 1.29 is 9.59 Å². The number of nitrogens with zero attached hydrogens (tertiary/aromatic N) is 2. The lowest BCUT2D eigenvalue weighted by atomic mass is 10.0. The Balaban J connectivity index is 1.76. The molecular formula is C19H23ClN4O2. The molecule has 1 unspecified atom stereocenters. The first-order valence-electron chi connectivity index (χ1n) is 8.92. The first-order valence-corrected chi connectivity index (χ1v) is 9.30. The van der Waals surface area contributed by atoms with Crippen molar-refractivity contribution in [3.63, 3.8) is 0 Å². The van der Waals surface area contributed by atoms with Gasteiger partial charge in [0.15, 0.2) is 0 Å². The van der Waals surface area contributed by atoms with E-state index in [-0.39, 0.29) is 17.9 Å². The Hall–Kier alpha value is -2.18. The maximum absolute atomic E-state index is 13.0. The number of fused-ring (bicyclic) bond motifs is 1. The lowest BCUT2D eigenvalue weighted by Gasteiger charge is -2.35. The van der Waals surface area contributed by atoms with E-state index < -0.39 is 0 Å². The third-order valence-corrected chi connectivity index (χ3v) is 4.90. The van der Waals surface area contributed by atoms with Gasteiger partial charge in [-0.2, -0.15) is 0 Å². The fourth-order valence-electron chi connectivity index (χ4n) is 3.29. The molecule has 0 spiro atoms. The number of carbonyl (C=O) groups is 2. The monoisotopic (exact) mass is 374 g/mol. The summed E-state index contributed by atoms with van der Waals surface area (Å²) in [6, 6.07) is 9.06. The van der Waals surface area contributed by atoms with Gasteiger partial charge in [-0.25, -0.2) is 4.98 Å². The molecular weight excluding hydrogens is 352 g/mol. The molecule has 7 heteroatoms. The highest BCUT2D eigenvalue weighted by Crippen LogP contribution is 2.22. The Labute approximate surface area is 157 Å². The summed E-state index contributed by atoms with van der Waals surface area (Å²) >= 11 is 6.03. The van der Waals surface area contributed by atoms with Crippen molar-refractivity contribution >= 4 is 34.3 Å². The van der Waals surface area contributed by atoms with E-state index in [1.807, 2.05) is 17.0 Å². The second-order valence-electron chi connectivity index (χ2n) is 6.52. The van der Waals surface area contributed by atoms with Crippen LogP contribution in [0, 0.1) is 0 Å². The Bertz CT molecular complexity index is 811. The highest BCUT2D eigenvalue weighted by molar-refractivity contribution is 6.31. The molecule has 1 aromatic heterocycles. The van der Waals surface area contributed by atoms with Crippen molar-refractivity contribution in [1.82, 2.24) is 15.2 Å². The second-order valence-corrected chi connectivity index (χ2v) is 6.96. The summed E-state index contributed by atoms with van der Waals surface area (Å²) in [7, 11) is 0. The Morgan fingerprint density at radius 2 is 2.08 bits per heavy atom. The Morgan fingerprint density at radius 3 is 2.88 bits per heavy atom. The molecule has 3 N–H and O–H groups in total. The van der Waals surface area contributed by atoms with E-state index in [2.05, 4.69) is 10.3 Å². The molecule has 1 atom stereocenters. The van der Waals surface area contributed by atoms with Crippen molar-refractivity contribution in [2.75, 3.05) is 19.6 Å². The van der Waals surface area contributed by atoms with Crippen LogP contribution in [0.15, 0.2) is 30.3 Å². The normalized spacial score (nSPS) is 17.3. The number of carbonyl (C=O) groups excluding carboxylic acids is 2. The number of pyridine rings is 1. The van der Waals surface area contributed by atoms with Crippen LogP contribution in [0.3, 0.4) is 0 Å². The molecule has 26 heavy (non-hydrogen) atoms. The van der Waals surface area contributed by atoms with Crippen LogP contribution in [-0.4, -0.2) is 47.4 Å². The summed E-state index contributed by atoms with van der Waals surface area (Å²) in [6.45, 7) is 1.44. The highest BCUT2D eigenvalue weighted by Gasteiger charge is 2.28. The van der Waals surface area contributed by atoms with Gasteiger partial charge in [-0.15, -0.1) is 0 Å². The fraction of sp³-hybridized carbons (Fsp3) is 0.421. The van der Waals surface area contributed by atoms with Crippen LogP contribution in [0.2, 0.25) is 5.02 Å². The number of amides is 2. The predicted octanol–water partition coefficient (Wildman–Crippen LogP) is 2.35. The summed E-state index contributed by atoms with van der Waals surface area (Å²) in [4.78, 5) is 31.0. The molecule has 138 valence electrons. The van der Waals surface area contributed by atoms with Crippen molar-refractivity contribution in [1.29, 1.82) is 0 Å². The third-order valence-electron chi connectivity index (χ3n) is 4.67. The topological polar surface area (TPSA) is 88.3 Å². The molecule has 2 amide bonds. The van der Waals surface area contributed by atoms with Crippen molar-refractivity contribution in [3.8, 4) is 0 Å². The molecule has 2 aromatic rings. The molecule has 1 aromatic carbocycles. The van der Waals surface area contributed by atoms with E-state index in [1.165, 1.54) is 0 Å². The van der Waals surface area contributed by atoms with Crippen LogP contribution >= 0.6 is 11.6 Å². The van der Waals surface area contributed by atoms with E-state index in [1.54, 1.807) is 18.2 Å². The molecule has 3 rings (SSSR count). The van der Waals surface area contributed by atoms with Crippen molar-refractivity contribution in [2.45, 2.75) is 31.7 Å². The zero-order valence-corrected chi connectivity index (χ0v) is 15.3. The van der Waals surface area contributed by atoms with Gasteiger partial charge in [-0.1, -0.05) is 23.7 Å². The average molecular weight is 375 g/mol. The van der Waals surface area contributed by atoms with E-state index in [0.29, 0.717) is 42.3 Å². The number of nitrogens with one attached hydrogen (secondary N) is 1. The number of halogens is 1. The highest BCUT2D eigenvalue weighted by atomic mass is 35.5. The molecule has 1 fully saturated rings. The van der Waals surface area contributed by atoms with E-state index in [9.17, 15) is 9.59 Å². The van der Waals surface area contributed by atoms with Crippen LogP contribution in [0.1, 0.15) is 36.2 Å². The first kappa shape index (κ1) is 18.6. The summed E-state index contributed by atoms with van der Waals surface area (Å²) < 4.78 is 0. The van der Waals surface area contributed by atoms with Gasteiger partial charge in [0.25, 0.3) is 5.91 Å². The number of nitrogens with two attached hydrogens (primary N) is 1. The number of piperidine rings is 1. The third kappa shape index (κ3) is 4.31. The van der Waals surface area contributed by atoms with E-state index in [4.69, 9.17) is 17.3 Å². The Kier molecular flexibility index (Phi) is 6.06. The SMILES string of the molecule is NCCC(=O)NCC1CCCCN1C(=O)c1ccc2ccc(Cl)cc2n1. The standard InChI is InChI=1S/C19H23ClN4O2/c20-14-6-4-13-5-7-16(23-17(13)11-14)19(26)24-10-2-1-3-15(24)12-22-18(25)8-9-21/h4-7,11,15H,1-3,8-10,12,21H2,(H,22,25). The summed E-state index contributed by atoms with van der Waals surface area (Å²) in [6.07, 6.45) is 3.17. The van der Waals surface area contributed by atoms with E-state index >= 15 is 0 Å². The number of likely N-dealkylation sites (tertiary alicyclic amines) is 1. The lowest BCUT2D eigenvalue weighted by molar-refractivity contribution is -0.121.